The number of carbonyl (C=O) groups excluding carboxylic acids is 1. The van der Waals surface area contributed by atoms with Crippen LogP contribution in [0.1, 0.15) is 36.7 Å². The molecule has 3 heterocycles. The van der Waals surface area contributed by atoms with Crippen LogP contribution in [-0.4, -0.2) is 49.6 Å². The number of benzene rings is 2. The zero-order chi connectivity index (χ0) is 23.7. The number of aromatic nitrogens is 1. The molecule has 5 rings (SSSR count). The van der Waals surface area contributed by atoms with Gasteiger partial charge in [-0.1, -0.05) is 11.6 Å². The van der Waals surface area contributed by atoms with Gasteiger partial charge in [0.25, 0.3) is 5.91 Å². The molecule has 178 valence electrons. The Morgan fingerprint density at radius 2 is 1.79 bits per heavy atom. The summed E-state index contributed by atoms with van der Waals surface area (Å²) in [4.78, 5) is 12.9. The highest BCUT2D eigenvalue weighted by Gasteiger charge is 2.30. The van der Waals surface area contributed by atoms with Crippen LogP contribution in [0.5, 0.6) is 11.5 Å². The Morgan fingerprint density at radius 1 is 1.03 bits per heavy atom. The van der Waals surface area contributed by atoms with Gasteiger partial charge in [-0.05, 0) is 62.2 Å². The molecule has 0 saturated carbocycles. The van der Waals surface area contributed by atoms with E-state index in [0.717, 1.165) is 19.3 Å². The summed E-state index contributed by atoms with van der Waals surface area (Å²) < 4.78 is 44.0. The normalized spacial score (nSPS) is 18.4. The lowest BCUT2D eigenvalue weighted by Crippen LogP contribution is -2.41. The fourth-order valence-corrected chi connectivity index (χ4v) is 5.88. The molecule has 1 amide bonds. The first kappa shape index (κ1) is 22.4. The van der Waals surface area contributed by atoms with Crippen molar-refractivity contribution in [1.29, 1.82) is 0 Å². The minimum atomic E-state index is -3.57. The van der Waals surface area contributed by atoms with E-state index in [1.54, 1.807) is 34.6 Å². The monoisotopic (exact) mass is 483 g/mol. The smallest absolute Gasteiger partial charge is 0.277 e. The van der Waals surface area contributed by atoms with Crippen molar-refractivity contribution in [1.82, 2.24) is 9.46 Å². The van der Waals surface area contributed by atoms with Gasteiger partial charge in [0.15, 0.2) is 23.0 Å². The number of amides is 1. The molecule has 1 N–H and O–H groups in total. The summed E-state index contributed by atoms with van der Waals surface area (Å²) in [6.45, 7) is 3.43. The molecule has 1 atom stereocenters. The van der Waals surface area contributed by atoms with Crippen LogP contribution in [0.15, 0.2) is 57.9 Å². The number of nitrogens with one attached hydrogen (secondary N) is 1. The summed E-state index contributed by atoms with van der Waals surface area (Å²) in [5.41, 5.74) is 1.26. The number of piperidine rings is 1. The molecule has 1 fully saturated rings. The second-order valence-corrected chi connectivity index (χ2v) is 10.3. The average Bonchev–Trinajstić information content (AvgIpc) is 3.35. The second-order valence-electron chi connectivity index (χ2n) is 8.37. The Morgan fingerprint density at radius 3 is 2.56 bits per heavy atom. The second kappa shape index (κ2) is 9.11. The number of carbonyl (C=O) groups is 1. The van der Waals surface area contributed by atoms with Crippen molar-refractivity contribution < 1.29 is 27.2 Å². The molecule has 0 spiro atoms. The summed E-state index contributed by atoms with van der Waals surface area (Å²) >= 11 is 0. The molecule has 0 radical (unpaired) electrons. The third kappa shape index (κ3) is 4.38. The minimum Gasteiger partial charge on any atom is -0.486 e. The van der Waals surface area contributed by atoms with E-state index < -0.39 is 15.9 Å². The highest BCUT2D eigenvalue weighted by atomic mass is 32.2. The van der Waals surface area contributed by atoms with E-state index in [1.165, 1.54) is 18.2 Å². The molecular formula is C24H25N3O6S. The molecule has 0 aliphatic carbocycles. The molecule has 2 aromatic carbocycles. The van der Waals surface area contributed by atoms with Gasteiger partial charge in [-0.3, -0.25) is 4.79 Å². The molecule has 34 heavy (non-hydrogen) atoms. The maximum atomic E-state index is 13.0. The molecule has 1 aromatic heterocycles. The highest BCUT2D eigenvalue weighted by Crippen LogP contribution is 2.34. The quantitative estimate of drug-likeness (QED) is 0.585. The molecule has 9 nitrogen and oxygen atoms in total. The standard InChI is InChI=1S/C24H25N3O6S/c1-16-4-2-3-11-27(16)34(29,30)19-8-6-18(7-9-19)25-24(28)20-15-22(33-26-20)17-5-10-21-23(14-17)32-13-12-31-21/h5-10,14-16H,2-4,11-13H2,1H3,(H,25,28). The fourth-order valence-electron chi connectivity index (χ4n) is 4.18. The van der Waals surface area contributed by atoms with Crippen molar-refractivity contribution in [2.24, 2.45) is 0 Å². The van der Waals surface area contributed by atoms with Gasteiger partial charge < -0.3 is 19.3 Å². The number of ether oxygens (including phenoxy) is 2. The van der Waals surface area contributed by atoms with Gasteiger partial charge in [0.05, 0.1) is 4.90 Å². The number of hydrogen-bond donors (Lipinski definition) is 1. The van der Waals surface area contributed by atoms with Gasteiger partial charge in [-0.2, -0.15) is 4.31 Å². The predicted octanol–water partition coefficient (Wildman–Crippen LogP) is 3.93. The van der Waals surface area contributed by atoms with Gasteiger partial charge in [0, 0.05) is 29.9 Å². The van der Waals surface area contributed by atoms with Crippen molar-refractivity contribution in [2.45, 2.75) is 37.1 Å². The van der Waals surface area contributed by atoms with Gasteiger partial charge in [0.2, 0.25) is 10.0 Å². The first-order chi connectivity index (χ1) is 16.4. The number of fused-ring (bicyclic) bond motifs is 1. The Labute approximate surface area is 197 Å². The van der Waals surface area contributed by atoms with E-state index in [2.05, 4.69) is 10.5 Å². The Balaban J connectivity index is 1.28. The summed E-state index contributed by atoms with van der Waals surface area (Å²) in [5, 5.41) is 6.59. The third-order valence-electron chi connectivity index (χ3n) is 6.03. The van der Waals surface area contributed by atoms with Crippen LogP contribution in [0.25, 0.3) is 11.3 Å². The van der Waals surface area contributed by atoms with E-state index in [9.17, 15) is 13.2 Å². The highest BCUT2D eigenvalue weighted by molar-refractivity contribution is 7.89. The summed E-state index contributed by atoms with van der Waals surface area (Å²) in [7, 11) is -3.57. The van der Waals surface area contributed by atoms with Crippen LogP contribution in [0.2, 0.25) is 0 Å². The van der Waals surface area contributed by atoms with Crippen molar-refractivity contribution >= 4 is 21.6 Å². The van der Waals surface area contributed by atoms with E-state index in [0.29, 0.717) is 48.3 Å². The van der Waals surface area contributed by atoms with E-state index in [4.69, 9.17) is 14.0 Å². The van der Waals surface area contributed by atoms with Crippen molar-refractivity contribution in [2.75, 3.05) is 25.1 Å². The Bertz CT molecular complexity index is 1300. The van der Waals surface area contributed by atoms with Crippen LogP contribution in [0.3, 0.4) is 0 Å². The van der Waals surface area contributed by atoms with Crippen LogP contribution in [0.4, 0.5) is 5.69 Å². The zero-order valence-corrected chi connectivity index (χ0v) is 19.5. The number of hydrogen-bond acceptors (Lipinski definition) is 7. The van der Waals surface area contributed by atoms with Crippen molar-refractivity contribution in [3.8, 4) is 22.8 Å². The lowest BCUT2D eigenvalue weighted by atomic mass is 10.1. The molecule has 1 saturated heterocycles. The molecular weight excluding hydrogens is 458 g/mol. The van der Waals surface area contributed by atoms with E-state index in [-0.39, 0.29) is 16.6 Å². The summed E-state index contributed by atoms with van der Waals surface area (Å²) in [6, 6.07) is 13.0. The molecule has 2 aliphatic heterocycles. The third-order valence-corrected chi connectivity index (χ3v) is 8.06. The van der Waals surface area contributed by atoms with E-state index >= 15 is 0 Å². The Hall–Kier alpha value is -3.37. The van der Waals surface area contributed by atoms with Crippen LogP contribution in [0, 0.1) is 0 Å². The average molecular weight is 484 g/mol. The molecule has 2 aliphatic rings. The van der Waals surface area contributed by atoms with E-state index in [1.807, 2.05) is 6.92 Å². The molecule has 10 heteroatoms. The van der Waals surface area contributed by atoms with Crippen molar-refractivity contribution in [3.63, 3.8) is 0 Å². The maximum Gasteiger partial charge on any atom is 0.277 e. The minimum absolute atomic E-state index is 0.0197. The first-order valence-corrected chi connectivity index (χ1v) is 12.7. The van der Waals surface area contributed by atoms with Crippen LogP contribution < -0.4 is 14.8 Å². The van der Waals surface area contributed by atoms with Gasteiger partial charge >= 0.3 is 0 Å². The number of nitrogens with zero attached hydrogens (tertiary/aromatic N) is 2. The molecule has 0 bridgehead atoms. The lowest BCUT2D eigenvalue weighted by Gasteiger charge is -2.32. The van der Waals surface area contributed by atoms with Crippen LogP contribution >= 0.6 is 0 Å². The molecule has 1 unspecified atom stereocenters. The first-order valence-electron chi connectivity index (χ1n) is 11.2. The largest absolute Gasteiger partial charge is 0.486 e. The van der Waals surface area contributed by atoms with Gasteiger partial charge in [-0.15, -0.1) is 0 Å². The van der Waals surface area contributed by atoms with Crippen molar-refractivity contribution in [3.05, 3.63) is 54.2 Å². The SMILES string of the molecule is CC1CCCCN1S(=O)(=O)c1ccc(NC(=O)c2cc(-c3ccc4c(c3)OCCO4)on2)cc1. The van der Waals surface area contributed by atoms with Gasteiger partial charge in [-0.25, -0.2) is 8.42 Å². The topological polar surface area (TPSA) is 111 Å². The summed E-state index contributed by atoms with van der Waals surface area (Å²) in [6.07, 6.45) is 2.76. The number of sulfonamides is 1. The maximum absolute atomic E-state index is 13.0. The zero-order valence-electron chi connectivity index (χ0n) is 18.7. The summed E-state index contributed by atoms with van der Waals surface area (Å²) in [5.74, 6) is 1.22. The van der Waals surface area contributed by atoms with Crippen LogP contribution in [-0.2, 0) is 10.0 Å². The number of anilines is 1. The Kier molecular flexibility index (Phi) is 6.01. The van der Waals surface area contributed by atoms with Gasteiger partial charge in [0.1, 0.15) is 13.2 Å². The lowest BCUT2D eigenvalue weighted by molar-refractivity contribution is 0.101. The fraction of sp³-hybridized carbons (Fsp3) is 0.333. The molecule has 3 aromatic rings. The predicted molar refractivity (Wildman–Crippen MR) is 125 cm³/mol. The number of rotatable bonds is 5.